The lowest BCUT2D eigenvalue weighted by atomic mass is 10.1. The minimum Gasteiger partial charge on any atom is -0.399 e. The van der Waals surface area contributed by atoms with Crippen molar-refractivity contribution in [1.82, 2.24) is 4.90 Å². The number of anilines is 1. The van der Waals surface area contributed by atoms with Gasteiger partial charge in [-0.15, -0.1) is 0 Å². The highest BCUT2D eigenvalue weighted by Gasteiger charge is 2.25. The van der Waals surface area contributed by atoms with Crippen molar-refractivity contribution >= 4 is 23.2 Å². The van der Waals surface area contributed by atoms with Crippen LogP contribution in [0.3, 0.4) is 0 Å². The van der Waals surface area contributed by atoms with Gasteiger partial charge >= 0.3 is 0 Å². The second-order valence-corrected chi connectivity index (χ2v) is 4.80. The number of carbonyl (C=O) groups excluding carboxylic acids is 1. The van der Waals surface area contributed by atoms with Gasteiger partial charge in [-0.05, 0) is 24.6 Å². The molecule has 2 rings (SSSR count). The number of hydrogen-bond acceptors (Lipinski definition) is 3. The molecule has 1 aromatic carbocycles. The minimum absolute atomic E-state index is 0.0539. The van der Waals surface area contributed by atoms with E-state index in [1.807, 2.05) is 0 Å². The average molecular weight is 269 g/mol. The fourth-order valence-electron chi connectivity index (χ4n) is 2.03. The molecule has 0 saturated carbocycles. The quantitative estimate of drug-likeness (QED) is 0.837. The molecule has 2 N–H and O–H groups in total. The second kappa shape index (κ2) is 5.59. The van der Waals surface area contributed by atoms with E-state index in [2.05, 4.69) is 6.92 Å². The normalized spacial score (nSPS) is 19.9. The van der Waals surface area contributed by atoms with Crippen molar-refractivity contribution < 1.29 is 9.53 Å². The number of rotatable bonds is 2. The number of morpholine rings is 1. The molecule has 98 valence electrons. The van der Waals surface area contributed by atoms with E-state index in [1.165, 1.54) is 0 Å². The number of carbonyl (C=O) groups is 1. The summed E-state index contributed by atoms with van der Waals surface area (Å²) < 4.78 is 5.55. The highest BCUT2D eigenvalue weighted by Crippen LogP contribution is 2.22. The Kier molecular flexibility index (Phi) is 4.09. The lowest BCUT2D eigenvalue weighted by Crippen LogP contribution is -2.45. The molecule has 0 bridgehead atoms. The molecule has 1 aliphatic heterocycles. The maximum absolute atomic E-state index is 12.3. The summed E-state index contributed by atoms with van der Waals surface area (Å²) in [4.78, 5) is 14.1. The molecule has 1 heterocycles. The third-order valence-corrected chi connectivity index (χ3v) is 3.42. The zero-order valence-electron chi connectivity index (χ0n) is 10.4. The summed E-state index contributed by atoms with van der Waals surface area (Å²) in [7, 11) is 0. The van der Waals surface area contributed by atoms with E-state index in [-0.39, 0.29) is 12.0 Å². The smallest absolute Gasteiger partial charge is 0.255 e. The van der Waals surface area contributed by atoms with Gasteiger partial charge < -0.3 is 15.4 Å². The van der Waals surface area contributed by atoms with E-state index in [1.54, 1.807) is 23.1 Å². The topological polar surface area (TPSA) is 55.6 Å². The fraction of sp³-hybridized carbons (Fsp3) is 0.462. The first-order chi connectivity index (χ1) is 8.61. The number of hydrogen-bond donors (Lipinski definition) is 1. The van der Waals surface area contributed by atoms with Crippen LogP contribution in [0.4, 0.5) is 5.69 Å². The molecule has 1 atom stereocenters. The van der Waals surface area contributed by atoms with Crippen LogP contribution in [0.1, 0.15) is 23.7 Å². The fourth-order valence-corrected chi connectivity index (χ4v) is 2.30. The Morgan fingerprint density at radius 2 is 2.39 bits per heavy atom. The second-order valence-electron chi connectivity index (χ2n) is 4.39. The highest BCUT2D eigenvalue weighted by molar-refractivity contribution is 6.34. The van der Waals surface area contributed by atoms with Crippen molar-refractivity contribution in [2.45, 2.75) is 19.4 Å². The first kappa shape index (κ1) is 13.2. The Bertz CT molecular complexity index is 451. The van der Waals surface area contributed by atoms with Crippen molar-refractivity contribution in [3.8, 4) is 0 Å². The van der Waals surface area contributed by atoms with Gasteiger partial charge in [0.05, 0.1) is 23.3 Å². The summed E-state index contributed by atoms with van der Waals surface area (Å²) in [6.07, 6.45) is 1.02. The summed E-state index contributed by atoms with van der Waals surface area (Å²) in [6.45, 7) is 3.86. The Morgan fingerprint density at radius 1 is 1.61 bits per heavy atom. The summed E-state index contributed by atoms with van der Waals surface area (Å²) in [5.41, 5.74) is 6.68. The van der Waals surface area contributed by atoms with E-state index in [9.17, 15) is 4.79 Å². The number of nitrogen functional groups attached to an aromatic ring is 1. The summed E-state index contributed by atoms with van der Waals surface area (Å²) in [5.74, 6) is -0.0539. The molecule has 1 amide bonds. The van der Waals surface area contributed by atoms with Crippen LogP contribution in [-0.2, 0) is 4.74 Å². The van der Waals surface area contributed by atoms with Gasteiger partial charge in [0, 0.05) is 18.8 Å². The largest absolute Gasteiger partial charge is 0.399 e. The molecule has 1 aliphatic rings. The van der Waals surface area contributed by atoms with Crippen molar-refractivity contribution in [2.75, 3.05) is 25.4 Å². The molecule has 1 unspecified atom stereocenters. The van der Waals surface area contributed by atoms with Crippen LogP contribution >= 0.6 is 11.6 Å². The molecular formula is C13H17ClN2O2. The third kappa shape index (κ3) is 2.76. The van der Waals surface area contributed by atoms with Crippen molar-refractivity contribution in [3.05, 3.63) is 28.8 Å². The van der Waals surface area contributed by atoms with Gasteiger partial charge in [0.2, 0.25) is 0 Å². The Labute approximate surface area is 112 Å². The predicted molar refractivity (Wildman–Crippen MR) is 71.8 cm³/mol. The molecule has 4 nitrogen and oxygen atoms in total. The molecule has 0 aromatic heterocycles. The van der Waals surface area contributed by atoms with E-state index >= 15 is 0 Å². The molecular weight excluding hydrogens is 252 g/mol. The van der Waals surface area contributed by atoms with E-state index in [0.29, 0.717) is 36.0 Å². The van der Waals surface area contributed by atoms with Crippen LogP contribution in [-0.4, -0.2) is 36.6 Å². The lowest BCUT2D eigenvalue weighted by Gasteiger charge is -2.32. The Morgan fingerprint density at radius 3 is 3.06 bits per heavy atom. The molecule has 1 aromatic rings. The van der Waals surface area contributed by atoms with Crippen LogP contribution in [0.15, 0.2) is 18.2 Å². The van der Waals surface area contributed by atoms with Gasteiger partial charge in [0.25, 0.3) is 5.91 Å². The predicted octanol–water partition coefficient (Wildman–Crippen LogP) is 2.17. The zero-order valence-corrected chi connectivity index (χ0v) is 11.1. The number of benzene rings is 1. The number of nitrogens with two attached hydrogens (primary N) is 1. The van der Waals surface area contributed by atoms with Gasteiger partial charge in [0.15, 0.2) is 0 Å². The van der Waals surface area contributed by atoms with Gasteiger partial charge in [-0.1, -0.05) is 18.5 Å². The van der Waals surface area contributed by atoms with Crippen molar-refractivity contribution in [3.63, 3.8) is 0 Å². The minimum atomic E-state index is -0.0539. The van der Waals surface area contributed by atoms with Crippen LogP contribution in [0.2, 0.25) is 5.02 Å². The molecule has 0 aliphatic carbocycles. The average Bonchev–Trinajstić information content (AvgIpc) is 2.38. The van der Waals surface area contributed by atoms with Crippen LogP contribution in [0.25, 0.3) is 0 Å². The molecule has 5 heteroatoms. The molecule has 1 fully saturated rings. The lowest BCUT2D eigenvalue weighted by molar-refractivity contribution is -0.0226. The Hall–Kier alpha value is -1.26. The van der Waals surface area contributed by atoms with E-state index < -0.39 is 0 Å². The highest BCUT2D eigenvalue weighted by atomic mass is 35.5. The number of halogens is 1. The first-order valence-corrected chi connectivity index (χ1v) is 6.45. The zero-order chi connectivity index (χ0) is 13.1. The monoisotopic (exact) mass is 268 g/mol. The first-order valence-electron chi connectivity index (χ1n) is 6.07. The Balaban J connectivity index is 2.15. The van der Waals surface area contributed by atoms with E-state index in [4.69, 9.17) is 22.1 Å². The third-order valence-electron chi connectivity index (χ3n) is 3.10. The van der Waals surface area contributed by atoms with Crippen LogP contribution in [0, 0.1) is 0 Å². The molecule has 0 radical (unpaired) electrons. The molecule has 0 spiro atoms. The van der Waals surface area contributed by atoms with Gasteiger partial charge in [0.1, 0.15) is 0 Å². The number of amides is 1. The summed E-state index contributed by atoms with van der Waals surface area (Å²) >= 11 is 6.06. The van der Waals surface area contributed by atoms with E-state index in [0.717, 1.165) is 6.42 Å². The van der Waals surface area contributed by atoms with Crippen LogP contribution < -0.4 is 5.73 Å². The summed E-state index contributed by atoms with van der Waals surface area (Å²) in [6, 6.07) is 4.97. The number of ether oxygens (including phenoxy) is 1. The van der Waals surface area contributed by atoms with Crippen molar-refractivity contribution in [1.29, 1.82) is 0 Å². The maximum Gasteiger partial charge on any atom is 0.255 e. The van der Waals surface area contributed by atoms with Crippen molar-refractivity contribution in [2.24, 2.45) is 0 Å². The van der Waals surface area contributed by atoms with Gasteiger partial charge in [-0.2, -0.15) is 0 Å². The van der Waals surface area contributed by atoms with Gasteiger partial charge in [-0.3, -0.25) is 4.79 Å². The molecule has 1 saturated heterocycles. The standard InChI is InChI=1S/C13H17ClN2O2/c1-2-10-8-16(5-6-18-10)13(17)11-4-3-9(15)7-12(11)14/h3-4,7,10H,2,5-6,8,15H2,1H3. The number of nitrogens with zero attached hydrogens (tertiary/aromatic N) is 1. The maximum atomic E-state index is 12.3. The van der Waals surface area contributed by atoms with Crippen LogP contribution in [0.5, 0.6) is 0 Å². The summed E-state index contributed by atoms with van der Waals surface area (Å²) in [5, 5.41) is 0.402. The van der Waals surface area contributed by atoms with Gasteiger partial charge in [-0.25, -0.2) is 0 Å². The molecule has 18 heavy (non-hydrogen) atoms. The SMILES string of the molecule is CCC1CN(C(=O)c2ccc(N)cc2Cl)CCO1.